The van der Waals surface area contributed by atoms with Gasteiger partial charge in [-0.25, -0.2) is 4.98 Å². The van der Waals surface area contributed by atoms with Gasteiger partial charge in [-0.2, -0.15) is 0 Å². The molecule has 0 spiro atoms. The highest BCUT2D eigenvalue weighted by atomic mass is 16.5. The summed E-state index contributed by atoms with van der Waals surface area (Å²) in [5.41, 5.74) is 2.97. The summed E-state index contributed by atoms with van der Waals surface area (Å²) in [6.45, 7) is 3.45. The van der Waals surface area contributed by atoms with E-state index in [4.69, 9.17) is 9.15 Å². The lowest BCUT2D eigenvalue weighted by Crippen LogP contribution is -2.31. The molecule has 0 bridgehead atoms. The third-order valence-corrected chi connectivity index (χ3v) is 3.33. The molecule has 0 radical (unpaired) electrons. The Morgan fingerprint density at radius 2 is 2.24 bits per heavy atom. The van der Waals surface area contributed by atoms with Gasteiger partial charge in [0.2, 0.25) is 5.89 Å². The van der Waals surface area contributed by atoms with E-state index >= 15 is 0 Å². The van der Waals surface area contributed by atoms with Crippen molar-refractivity contribution in [2.45, 2.75) is 18.9 Å². The number of aryl methyl sites for hydroxylation is 1. The Hall–Kier alpha value is -1.39. The first-order valence-electron chi connectivity index (χ1n) is 5.90. The van der Waals surface area contributed by atoms with Crippen molar-refractivity contribution in [3.63, 3.8) is 0 Å². The van der Waals surface area contributed by atoms with Crippen molar-refractivity contribution in [1.29, 1.82) is 0 Å². The maximum Gasteiger partial charge on any atom is 0.202 e. The highest BCUT2D eigenvalue weighted by Gasteiger charge is 2.32. The predicted molar refractivity (Wildman–Crippen MR) is 65.2 cm³/mol. The summed E-state index contributed by atoms with van der Waals surface area (Å²) in [4.78, 5) is 4.55. The Kier molecular flexibility index (Phi) is 2.61. The molecule has 0 saturated carbocycles. The zero-order valence-corrected chi connectivity index (χ0v) is 10.1. The number of nitrogens with one attached hydrogen (secondary N) is 1. The molecule has 1 N–H and O–H groups in total. The number of oxazole rings is 1. The lowest BCUT2D eigenvalue weighted by Gasteiger charge is -2.12. The van der Waals surface area contributed by atoms with Crippen molar-refractivity contribution in [2.75, 3.05) is 20.3 Å². The summed E-state index contributed by atoms with van der Waals surface area (Å²) in [6, 6.07) is 6.37. The molecule has 90 valence electrons. The fourth-order valence-electron chi connectivity index (χ4n) is 2.29. The van der Waals surface area contributed by atoms with Crippen LogP contribution in [-0.2, 0) is 4.74 Å². The monoisotopic (exact) mass is 232 g/mol. The van der Waals surface area contributed by atoms with E-state index in [0.717, 1.165) is 23.6 Å². The second-order valence-corrected chi connectivity index (χ2v) is 4.56. The van der Waals surface area contributed by atoms with Crippen LogP contribution in [0.3, 0.4) is 0 Å². The SMILES string of the molecule is CNC1COCC1c1nc2ccc(C)cc2o1. The van der Waals surface area contributed by atoms with Gasteiger partial charge in [-0.15, -0.1) is 0 Å². The molecule has 1 aliphatic rings. The van der Waals surface area contributed by atoms with E-state index < -0.39 is 0 Å². The van der Waals surface area contributed by atoms with Crippen molar-refractivity contribution in [2.24, 2.45) is 0 Å². The summed E-state index contributed by atoms with van der Waals surface area (Å²) in [7, 11) is 1.94. The molecule has 17 heavy (non-hydrogen) atoms. The van der Waals surface area contributed by atoms with Crippen LogP contribution in [0.5, 0.6) is 0 Å². The van der Waals surface area contributed by atoms with E-state index in [1.165, 1.54) is 5.56 Å². The van der Waals surface area contributed by atoms with Crippen LogP contribution in [-0.4, -0.2) is 31.3 Å². The standard InChI is InChI=1S/C13H16N2O2/c1-8-3-4-10-12(5-8)17-13(15-10)9-6-16-7-11(9)14-2/h3-5,9,11,14H,6-7H2,1-2H3. The number of nitrogens with zero attached hydrogens (tertiary/aromatic N) is 1. The molecule has 3 rings (SSSR count). The van der Waals surface area contributed by atoms with Crippen LogP contribution in [0, 0.1) is 6.92 Å². The predicted octanol–water partition coefficient (Wildman–Crippen LogP) is 1.84. The summed E-state index contributed by atoms with van der Waals surface area (Å²) in [5.74, 6) is 0.996. The number of fused-ring (bicyclic) bond motifs is 1. The van der Waals surface area contributed by atoms with E-state index in [-0.39, 0.29) is 5.92 Å². The Labute approximate surface area is 100.0 Å². The zero-order valence-electron chi connectivity index (χ0n) is 10.1. The maximum absolute atomic E-state index is 5.83. The molecule has 2 heterocycles. The van der Waals surface area contributed by atoms with Crippen molar-refractivity contribution in [3.05, 3.63) is 29.7 Å². The van der Waals surface area contributed by atoms with Crippen LogP contribution < -0.4 is 5.32 Å². The zero-order chi connectivity index (χ0) is 11.8. The average molecular weight is 232 g/mol. The minimum Gasteiger partial charge on any atom is -0.440 e. The molecule has 1 aromatic carbocycles. The van der Waals surface area contributed by atoms with Gasteiger partial charge in [0, 0.05) is 6.04 Å². The molecule has 2 aromatic rings. The molecule has 4 heteroatoms. The maximum atomic E-state index is 5.83. The highest BCUT2D eigenvalue weighted by molar-refractivity contribution is 5.73. The van der Waals surface area contributed by atoms with Gasteiger partial charge < -0.3 is 14.5 Å². The van der Waals surface area contributed by atoms with Gasteiger partial charge in [-0.3, -0.25) is 0 Å². The van der Waals surface area contributed by atoms with Crippen molar-refractivity contribution in [3.8, 4) is 0 Å². The summed E-state index contributed by atoms with van der Waals surface area (Å²) in [6.07, 6.45) is 0. The Morgan fingerprint density at radius 3 is 3.06 bits per heavy atom. The third kappa shape index (κ3) is 1.83. The van der Waals surface area contributed by atoms with E-state index in [0.29, 0.717) is 12.6 Å². The van der Waals surface area contributed by atoms with Gasteiger partial charge in [0.05, 0.1) is 19.1 Å². The Balaban J connectivity index is 2.00. The number of benzene rings is 1. The highest BCUT2D eigenvalue weighted by Crippen LogP contribution is 2.28. The molecule has 0 amide bonds. The normalized spacial score (nSPS) is 24.6. The van der Waals surface area contributed by atoms with Crippen LogP contribution in [0.2, 0.25) is 0 Å². The van der Waals surface area contributed by atoms with Gasteiger partial charge in [0.15, 0.2) is 5.58 Å². The first-order chi connectivity index (χ1) is 8.28. The number of hydrogen-bond donors (Lipinski definition) is 1. The number of hydrogen-bond acceptors (Lipinski definition) is 4. The van der Waals surface area contributed by atoms with Gasteiger partial charge in [-0.05, 0) is 31.7 Å². The molecule has 2 atom stereocenters. The molecular formula is C13H16N2O2. The summed E-state index contributed by atoms with van der Waals surface area (Å²) < 4.78 is 11.3. The molecule has 1 aromatic heterocycles. The summed E-state index contributed by atoms with van der Waals surface area (Å²) >= 11 is 0. The van der Waals surface area contributed by atoms with Gasteiger partial charge in [-0.1, -0.05) is 6.07 Å². The number of ether oxygens (including phenoxy) is 1. The lowest BCUT2D eigenvalue weighted by atomic mass is 10.0. The first kappa shape index (κ1) is 10.7. The van der Waals surface area contributed by atoms with E-state index in [1.54, 1.807) is 0 Å². The van der Waals surface area contributed by atoms with Gasteiger partial charge in [0.25, 0.3) is 0 Å². The van der Waals surface area contributed by atoms with Crippen LogP contribution in [0.4, 0.5) is 0 Å². The van der Waals surface area contributed by atoms with Gasteiger partial charge >= 0.3 is 0 Å². The van der Waals surface area contributed by atoms with Crippen molar-refractivity contribution < 1.29 is 9.15 Å². The van der Waals surface area contributed by atoms with E-state index in [9.17, 15) is 0 Å². The smallest absolute Gasteiger partial charge is 0.202 e. The second-order valence-electron chi connectivity index (χ2n) is 4.56. The summed E-state index contributed by atoms with van der Waals surface area (Å²) in [5, 5.41) is 3.24. The number of aromatic nitrogens is 1. The number of likely N-dealkylation sites (N-methyl/N-ethyl adjacent to an activating group) is 1. The third-order valence-electron chi connectivity index (χ3n) is 3.33. The molecule has 4 nitrogen and oxygen atoms in total. The molecule has 0 aliphatic carbocycles. The molecular weight excluding hydrogens is 216 g/mol. The molecule has 2 unspecified atom stereocenters. The van der Waals surface area contributed by atoms with E-state index in [2.05, 4.69) is 23.3 Å². The lowest BCUT2D eigenvalue weighted by molar-refractivity contribution is 0.186. The minimum atomic E-state index is 0.215. The van der Waals surface area contributed by atoms with Crippen molar-refractivity contribution >= 4 is 11.1 Å². The number of rotatable bonds is 2. The topological polar surface area (TPSA) is 47.3 Å². The fourth-order valence-corrected chi connectivity index (χ4v) is 2.29. The Morgan fingerprint density at radius 1 is 1.35 bits per heavy atom. The molecule has 1 saturated heterocycles. The minimum absolute atomic E-state index is 0.215. The van der Waals surface area contributed by atoms with Crippen molar-refractivity contribution in [1.82, 2.24) is 10.3 Å². The van der Waals surface area contributed by atoms with Crippen LogP contribution in [0.1, 0.15) is 17.4 Å². The quantitative estimate of drug-likeness (QED) is 0.858. The van der Waals surface area contributed by atoms with E-state index in [1.807, 2.05) is 19.2 Å². The average Bonchev–Trinajstić information content (AvgIpc) is 2.93. The van der Waals surface area contributed by atoms with Crippen LogP contribution in [0.25, 0.3) is 11.1 Å². The van der Waals surface area contributed by atoms with Crippen LogP contribution >= 0.6 is 0 Å². The van der Waals surface area contributed by atoms with Crippen LogP contribution in [0.15, 0.2) is 22.6 Å². The largest absolute Gasteiger partial charge is 0.440 e. The molecule has 1 fully saturated rings. The second kappa shape index (κ2) is 4.13. The fraction of sp³-hybridized carbons (Fsp3) is 0.462. The Bertz CT molecular complexity index is 535. The first-order valence-corrected chi connectivity index (χ1v) is 5.90. The molecule has 1 aliphatic heterocycles. The van der Waals surface area contributed by atoms with Gasteiger partial charge in [0.1, 0.15) is 5.52 Å².